The number of imidazole rings is 1. The number of halogens is 2. The molecule has 8 heteroatoms. The molecule has 3 heterocycles. The molecule has 1 aliphatic carbocycles. The van der Waals surface area contributed by atoms with E-state index < -0.39 is 17.7 Å². The van der Waals surface area contributed by atoms with Crippen LogP contribution in [0.2, 0.25) is 0 Å². The lowest BCUT2D eigenvalue weighted by molar-refractivity contribution is 0.210. The summed E-state index contributed by atoms with van der Waals surface area (Å²) < 4.78 is 35.0. The molecule has 5 rings (SSSR count). The third kappa shape index (κ3) is 2.74. The zero-order valence-corrected chi connectivity index (χ0v) is 15.6. The van der Waals surface area contributed by atoms with Crippen LogP contribution in [-0.4, -0.2) is 31.8 Å². The first-order valence-corrected chi connectivity index (χ1v) is 9.42. The van der Waals surface area contributed by atoms with E-state index in [0.29, 0.717) is 22.3 Å². The van der Waals surface area contributed by atoms with E-state index in [-0.39, 0.29) is 17.3 Å². The maximum atomic E-state index is 14.4. The molecule has 1 unspecified atom stereocenters. The van der Waals surface area contributed by atoms with Crippen molar-refractivity contribution in [1.29, 1.82) is 0 Å². The molecule has 0 amide bonds. The maximum Gasteiger partial charge on any atom is 0.214 e. The molecule has 0 saturated heterocycles. The number of ether oxygens (including phenoxy) is 1. The number of benzene rings is 1. The SMILES string of the molecule is COc1cc(C(O)c2c(C3CCC3)nc3cccnn23)c2ccc(F)c(F)c2n1. The van der Waals surface area contributed by atoms with Gasteiger partial charge >= 0.3 is 0 Å². The van der Waals surface area contributed by atoms with Gasteiger partial charge in [0.25, 0.3) is 0 Å². The monoisotopic (exact) mass is 396 g/mol. The number of hydrogen-bond acceptors (Lipinski definition) is 5. The van der Waals surface area contributed by atoms with E-state index in [1.807, 2.05) is 6.07 Å². The number of hydrogen-bond donors (Lipinski definition) is 1. The third-order valence-electron chi connectivity index (χ3n) is 5.59. The van der Waals surface area contributed by atoms with Gasteiger partial charge in [-0.25, -0.2) is 23.3 Å². The second kappa shape index (κ2) is 6.73. The minimum Gasteiger partial charge on any atom is -0.481 e. The Bertz CT molecular complexity index is 1240. The van der Waals surface area contributed by atoms with E-state index in [4.69, 9.17) is 9.72 Å². The summed E-state index contributed by atoms with van der Waals surface area (Å²) in [6.07, 6.45) is 3.54. The summed E-state index contributed by atoms with van der Waals surface area (Å²) in [4.78, 5) is 8.73. The summed E-state index contributed by atoms with van der Waals surface area (Å²) in [7, 11) is 1.39. The van der Waals surface area contributed by atoms with Crippen molar-refractivity contribution in [2.24, 2.45) is 0 Å². The van der Waals surface area contributed by atoms with Gasteiger partial charge in [0.2, 0.25) is 5.88 Å². The summed E-state index contributed by atoms with van der Waals surface area (Å²) in [5.41, 5.74) is 2.12. The molecule has 1 N–H and O–H groups in total. The van der Waals surface area contributed by atoms with Crippen LogP contribution < -0.4 is 4.74 Å². The van der Waals surface area contributed by atoms with Crippen molar-refractivity contribution in [3.63, 3.8) is 0 Å². The number of fused-ring (bicyclic) bond motifs is 2. The zero-order chi connectivity index (χ0) is 20.1. The molecule has 1 aromatic carbocycles. The fourth-order valence-corrected chi connectivity index (χ4v) is 3.87. The van der Waals surface area contributed by atoms with Gasteiger partial charge in [0.15, 0.2) is 17.3 Å². The maximum absolute atomic E-state index is 14.4. The Hall–Kier alpha value is -3.13. The van der Waals surface area contributed by atoms with Gasteiger partial charge in [-0.1, -0.05) is 6.42 Å². The largest absolute Gasteiger partial charge is 0.481 e. The van der Waals surface area contributed by atoms with Crippen molar-refractivity contribution in [2.45, 2.75) is 31.3 Å². The molecule has 0 spiro atoms. The highest BCUT2D eigenvalue weighted by Crippen LogP contribution is 2.41. The summed E-state index contributed by atoms with van der Waals surface area (Å²) in [5, 5.41) is 16.1. The quantitative estimate of drug-likeness (QED) is 0.566. The number of aliphatic hydroxyl groups is 1. The number of rotatable bonds is 4. The van der Waals surface area contributed by atoms with Crippen molar-refractivity contribution in [1.82, 2.24) is 19.6 Å². The van der Waals surface area contributed by atoms with Gasteiger partial charge in [-0.2, -0.15) is 5.10 Å². The lowest BCUT2D eigenvalue weighted by atomic mass is 9.81. The van der Waals surface area contributed by atoms with E-state index in [2.05, 4.69) is 10.1 Å². The molecule has 3 aromatic heterocycles. The van der Waals surface area contributed by atoms with Crippen molar-refractivity contribution in [3.8, 4) is 5.88 Å². The van der Waals surface area contributed by atoms with Crippen molar-refractivity contribution < 1.29 is 18.6 Å². The van der Waals surface area contributed by atoms with Gasteiger partial charge in [0.05, 0.1) is 18.5 Å². The van der Waals surface area contributed by atoms with Crippen LogP contribution in [0.1, 0.15) is 48.2 Å². The Morgan fingerprint density at radius 2 is 2.03 bits per heavy atom. The Morgan fingerprint density at radius 1 is 1.21 bits per heavy atom. The van der Waals surface area contributed by atoms with Crippen LogP contribution in [-0.2, 0) is 0 Å². The van der Waals surface area contributed by atoms with E-state index in [1.165, 1.54) is 19.2 Å². The number of methoxy groups -OCH3 is 1. The van der Waals surface area contributed by atoms with Crippen molar-refractivity contribution in [3.05, 3.63) is 65.1 Å². The summed E-state index contributed by atoms with van der Waals surface area (Å²) >= 11 is 0. The van der Waals surface area contributed by atoms with E-state index in [0.717, 1.165) is 31.0 Å². The van der Waals surface area contributed by atoms with Gasteiger partial charge in [0.1, 0.15) is 11.6 Å². The number of aliphatic hydroxyl groups excluding tert-OH is 1. The molecule has 1 fully saturated rings. The summed E-state index contributed by atoms with van der Waals surface area (Å²) in [5.74, 6) is -1.76. The zero-order valence-electron chi connectivity index (χ0n) is 15.6. The third-order valence-corrected chi connectivity index (χ3v) is 5.59. The first-order valence-electron chi connectivity index (χ1n) is 9.42. The lowest BCUT2D eigenvalue weighted by Gasteiger charge is -2.26. The van der Waals surface area contributed by atoms with Gasteiger partial charge in [-0.3, -0.25) is 0 Å². The molecule has 4 aromatic rings. The van der Waals surface area contributed by atoms with Gasteiger partial charge in [0, 0.05) is 29.1 Å². The van der Waals surface area contributed by atoms with Crippen LogP contribution >= 0.6 is 0 Å². The normalized spacial score (nSPS) is 15.6. The van der Waals surface area contributed by atoms with Gasteiger partial charge < -0.3 is 9.84 Å². The molecule has 0 radical (unpaired) electrons. The Labute approximate surface area is 164 Å². The molecule has 1 aliphatic rings. The average Bonchev–Trinajstić information content (AvgIpc) is 3.07. The molecule has 6 nitrogen and oxygen atoms in total. The standard InChI is InChI=1S/C21H18F2N4O2/c1-29-16-10-13(12-7-8-14(22)17(23)19(12)26-16)21(28)20-18(11-4-2-5-11)25-15-6-3-9-24-27(15)20/h3,6-11,21,28H,2,4-5H2,1H3. The fraction of sp³-hybridized carbons (Fsp3) is 0.286. The van der Waals surface area contributed by atoms with Crippen LogP contribution in [0, 0.1) is 11.6 Å². The summed E-state index contributed by atoms with van der Waals surface area (Å²) in [6.45, 7) is 0. The van der Waals surface area contributed by atoms with E-state index >= 15 is 0 Å². The van der Waals surface area contributed by atoms with Crippen LogP contribution in [0.25, 0.3) is 16.6 Å². The average molecular weight is 396 g/mol. The van der Waals surface area contributed by atoms with Gasteiger partial charge in [-0.05, 0) is 37.1 Å². The highest BCUT2D eigenvalue weighted by molar-refractivity contribution is 5.84. The molecule has 0 aliphatic heterocycles. The molecule has 1 saturated carbocycles. The highest BCUT2D eigenvalue weighted by Gasteiger charge is 2.32. The number of aromatic nitrogens is 4. The minimum absolute atomic E-state index is 0.0861. The topological polar surface area (TPSA) is 72.5 Å². The molecule has 29 heavy (non-hydrogen) atoms. The lowest BCUT2D eigenvalue weighted by Crippen LogP contribution is -2.15. The predicted octanol–water partition coefficient (Wildman–Crippen LogP) is 3.91. The minimum atomic E-state index is -1.17. The molecular weight excluding hydrogens is 378 g/mol. The summed E-state index contributed by atoms with van der Waals surface area (Å²) in [6, 6.07) is 7.59. The first-order chi connectivity index (χ1) is 14.1. The molecular formula is C21H18F2N4O2. The second-order valence-corrected chi connectivity index (χ2v) is 7.22. The van der Waals surface area contributed by atoms with Crippen molar-refractivity contribution in [2.75, 3.05) is 7.11 Å². The van der Waals surface area contributed by atoms with Crippen LogP contribution in [0.3, 0.4) is 0 Å². The molecule has 1 atom stereocenters. The van der Waals surface area contributed by atoms with E-state index in [9.17, 15) is 13.9 Å². The number of pyridine rings is 1. The van der Waals surface area contributed by atoms with Crippen molar-refractivity contribution >= 4 is 16.6 Å². The fourth-order valence-electron chi connectivity index (χ4n) is 3.87. The molecule has 0 bridgehead atoms. The second-order valence-electron chi connectivity index (χ2n) is 7.22. The first kappa shape index (κ1) is 17.9. The van der Waals surface area contributed by atoms with Crippen LogP contribution in [0.15, 0.2) is 36.5 Å². The molecule has 148 valence electrons. The van der Waals surface area contributed by atoms with Gasteiger partial charge in [-0.15, -0.1) is 0 Å². The predicted molar refractivity (Wildman–Crippen MR) is 102 cm³/mol. The Balaban J connectivity index is 1.77. The Morgan fingerprint density at radius 3 is 2.76 bits per heavy atom. The van der Waals surface area contributed by atoms with E-state index in [1.54, 1.807) is 16.8 Å². The smallest absolute Gasteiger partial charge is 0.214 e. The van der Waals surface area contributed by atoms with Crippen LogP contribution in [0.4, 0.5) is 8.78 Å². The van der Waals surface area contributed by atoms with Crippen LogP contribution in [0.5, 0.6) is 5.88 Å². The Kier molecular flexibility index (Phi) is 4.16. The highest BCUT2D eigenvalue weighted by atomic mass is 19.2. The number of nitrogens with zero attached hydrogens (tertiary/aromatic N) is 4.